The molecule has 7 atom stereocenters. The van der Waals surface area contributed by atoms with Crippen LogP contribution in [0.5, 0.6) is 0 Å². The maximum atomic E-state index is 13.0. The minimum atomic E-state index is -0.828. The molecule has 1 aromatic carbocycles. The molecule has 9 nitrogen and oxygen atoms in total. The van der Waals surface area contributed by atoms with Crippen molar-refractivity contribution in [1.29, 1.82) is 0 Å². The molecule has 9 heteroatoms. The van der Waals surface area contributed by atoms with Crippen LogP contribution in [-0.4, -0.2) is 52.0 Å². The van der Waals surface area contributed by atoms with Crippen LogP contribution in [0, 0.1) is 33.8 Å². The molecule has 0 unspecified atom stereocenters. The Hall–Kier alpha value is -2.78. The van der Waals surface area contributed by atoms with Crippen molar-refractivity contribution in [2.75, 3.05) is 6.61 Å². The zero-order chi connectivity index (χ0) is 25.5. The molecule has 2 aliphatic heterocycles. The van der Waals surface area contributed by atoms with Gasteiger partial charge in [0.05, 0.1) is 4.92 Å². The first-order chi connectivity index (χ1) is 16.5. The molecule has 2 heterocycles. The number of fused-ring (bicyclic) bond motifs is 4. The number of carbonyl (C=O) groups excluding carboxylic acids is 2. The monoisotopic (exact) mass is 487 g/mol. The standard InChI is InChI=1S/C26H33NO8/c1-15(2)26-13-20(33-22(30)14-28)25(4,35-26)19-11-5-16(3)23(19)24(26)34-21(29)12-8-17-6-9-18(10-7-17)27(31)32/h6-10,12,15-16,19-20,23-24,28H,5,11,13-14H2,1-4H3/b12-8+/t16-,19-,20-,23-,24+,25+,26-/m1/s1. The van der Waals surface area contributed by atoms with Crippen LogP contribution >= 0.6 is 0 Å². The largest absolute Gasteiger partial charge is 0.457 e. The molecule has 2 saturated heterocycles. The predicted molar refractivity (Wildman–Crippen MR) is 126 cm³/mol. The van der Waals surface area contributed by atoms with Gasteiger partial charge in [-0.15, -0.1) is 0 Å². The maximum absolute atomic E-state index is 13.0. The van der Waals surface area contributed by atoms with Gasteiger partial charge in [0.15, 0.2) is 0 Å². The number of non-ortho nitro benzene ring substituents is 1. The van der Waals surface area contributed by atoms with E-state index in [1.54, 1.807) is 18.2 Å². The smallest absolute Gasteiger partial charge is 0.332 e. The quantitative estimate of drug-likeness (QED) is 0.267. The van der Waals surface area contributed by atoms with Crippen molar-refractivity contribution in [2.24, 2.45) is 23.7 Å². The van der Waals surface area contributed by atoms with E-state index in [4.69, 9.17) is 14.2 Å². The molecule has 3 aliphatic rings. The first-order valence-electron chi connectivity index (χ1n) is 12.2. The minimum Gasteiger partial charge on any atom is -0.457 e. The summed E-state index contributed by atoms with van der Waals surface area (Å²) in [6, 6.07) is 5.90. The number of aliphatic hydroxyl groups excluding tert-OH is 1. The van der Waals surface area contributed by atoms with E-state index in [2.05, 4.69) is 6.92 Å². The Morgan fingerprint density at radius 2 is 1.94 bits per heavy atom. The second-order valence-electron chi connectivity index (χ2n) is 10.5. The molecule has 1 aromatic rings. The zero-order valence-electron chi connectivity index (χ0n) is 20.5. The second kappa shape index (κ2) is 9.35. The lowest BCUT2D eigenvalue weighted by molar-refractivity contribution is -0.384. The van der Waals surface area contributed by atoms with Gasteiger partial charge in [-0.1, -0.05) is 20.8 Å². The molecule has 35 heavy (non-hydrogen) atoms. The van der Waals surface area contributed by atoms with Crippen LogP contribution in [0.1, 0.15) is 52.5 Å². The van der Waals surface area contributed by atoms with Crippen molar-refractivity contribution in [3.8, 4) is 0 Å². The number of esters is 2. The summed E-state index contributed by atoms with van der Waals surface area (Å²) in [4.78, 5) is 35.4. The van der Waals surface area contributed by atoms with E-state index in [1.807, 2.05) is 20.8 Å². The molecule has 0 radical (unpaired) electrons. The first kappa shape index (κ1) is 25.3. The fourth-order valence-electron chi connectivity index (χ4n) is 6.48. The predicted octanol–water partition coefficient (Wildman–Crippen LogP) is 3.67. The highest BCUT2D eigenvalue weighted by Gasteiger charge is 2.72. The van der Waals surface area contributed by atoms with Crippen molar-refractivity contribution in [1.82, 2.24) is 0 Å². The summed E-state index contributed by atoms with van der Waals surface area (Å²) in [6.45, 7) is 7.48. The van der Waals surface area contributed by atoms with Gasteiger partial charge < -0.3 is 19.3 Å². The number of nitrogens with zero attached hydrogens (tertiary/aromatic N) is 1. The van der Waals surface area contributed by atoms with Crippen molar-refractivity contribution >= 4 is 23.7 Å². The average molecular weight is 488 g/mol. The third-order valence-electron chi connectivity index (χ3n) is 8.31. The van der Waals surface area contributed by atoms with Crippen LogP contribution in [0.25, 0.3) is 6.08 Å². The molecule has 2 bridgehead atoms. The SMILES string of the molecule is CC(C)[C@@]12C[C@@H](OC(=O)CO)[C@@](C)(O1)[C@@H]1CC[C@@H](C)[C@H]1[C@@H]2OC(=O)/C=C/c1ccc([N+](=O)[O-])cc1. The molecule has 0 amide bonds. The highest BCUT2D eigenvalue weighted by atomic mass is 16.6. The van der Waals surface area contributed by atoms with Gasteiger partial charge in [-0.2, -0.15) is 0 Å². The molecule has 1 saturated carbocycles. The summed E-state index contributed by atoms with van der Waals surface area (Å²) in [5.41, 5.74) is -0.930. The lowest BCUT2D eigenvalue weighted by Gasteiger charge is -2.52. The van der Waals surface area contributed by atoms with Gasteiger partial charge in [-0.05, 0) is 61.3 Å². The molecule has 4 rings (SSSR count). The van der Waals surface area contributed by atoms with Gasteiger partial charge >= 0.3 is 11.9 Å². The summed E-state index contributed by atoms with van der Waals surface area (Å²) < 4.78 is 18.5. The Bertz CT molecular complexity index is 1020. The molecule has 1 N–H and O–H groups in total. The van der Waals surface area contributed by atoms with Gasteiger partial charge in [0.1, 0.15) is 30.0 Å². The van der Waals surface area contributed by atoms with Gasteiger partial charge in [0.2, 0.25) is 0 Å². The van der Waals surface area contributed by atoms with Crippen LogP contribution < -0.4 is 0 Å². The van der Waals surface area contributed by atoms with Gasteiger partial charge in [-0.25, -0.2) is 9.59 Å². The van der Waals surface area contributed by atoms with E-state index < -0.39 is 46.9 Å². The van der Waals surface area contributed by atoms with Gasteiger partial charge in [0.25, 0.3) is 5.69 Å². The van der Waals surface area contributed by atoms with E-state index in [1.165, 1.54) is 18.2 Å². The molecule has 190 valence electrons. The van der Waals surface area contributed by atoms with E-state index in [0.717, 1.165) is 12.8 Å². The Morgan fingerprint density at radius 1 is 1.26 bits per heavy atom. The Balaban J connectivity index is 1.61. The van der Waals surface area contributed by atoms with Crippen molar-refractivity contribution < 1.29 is 33.8 Å². The van der Waals surface area contributed by atoms with Gasteiger partial charge in [0, 0.05) is 30.5 Å². The van der Waals surface area contributed by atoms with Crippen molar-refractivity contribution in [3.63, 3.8) is 0 Å². The van der Waals surface area contributed by atoms with Crippen LogP contribution in [0.15, 0.2) is 30.3 Å². The van der Waals surface area contributed by atoms with E-state index in [9.17, 15) is 24.8 Å². The zero-order valence-corrected chi connectivity index (χ0v) is 20.5. The number of hydrogen-bond donors (Lipinski definition) is 1. The Labute approximate surface area is 204 Å². The molecule has 1 aliphatic carbocycles. The van der Waals surface area contributed by atoms with Crippen LogP contribution in [0.4, 0.5) is 5.69 Å². The molecular weight excluding hydrogens is 454 g/mol. The molecule has 0 aromatic heterocycles. The fraction of sp³-hybridized carbons (Fsp3) is 0.615. The second-order valence-corrected chi connectivity index (χ2v) is 10.5. The van der Waals surface area contributed by atoms with Crippen molar-refractivity contribution in [3.05, 3.63) is 46.0 Å². The minimum absolute atomic E-state index is 0.0232. The van der Waals surface area contributed by atoms with E-state index >= 15 is 0 Å². The number of rotatable bonds is 7. The lowest BCUT2D eigenvalue weighted by atomic mass is 9.69. The normalized spacial score (nSPS) is 35.8. The van der Waals surface area contributed by atoms with E-state index in [-0.39, 0.29) is 23.4 Å². The highest BCUT2D eigenvalue weighted by Crippen LogP contribution is 2.63. The van der Waals surface area contributed by atoms with Crippen molar-refractivity contribution in [2.45, 2.75) is 70.4 Å². The van der Waals surface area contributed by atoms with E-state index in [0.29, 0.717) is 17.9 Å². The number of nitro benzene ring substituents is 1. The summed E-state index contributed by atoms with van der Waals surface area (Å²) in [5.74, 6) is -0.844. The fourth-order valence-corrected chi connectivity index (χ4v) is 6.48. The Kier molecular flexibility index (Phi) is 6.76. The van der Waals surface area contributed by atoms with Crippen LogP contribution in [-0.2, 0) is 23.8 Å². The third-order valence-corrected chi connectivity index (χ3v) is 8.31. The summed E-state index contributed by atoms with van der Waals surface area (Å²) >= 11 is 0. The number of hydrogen-bond acceptors (Lipinski definition) is 8. The van der Waals surface area contributed by atoms with Crippen LogP contribution in [0.3, 0.4) is 0 Å². The third kappa shape index (κ3) is 4.36. The number of aliphatic hydroxyl groups is 1. The average Bonchev–Trinajstić information content (AvgIpc) is 3.33. The first-order valence-corrected chi connectivity index (χ1v) is 12.2. The maximum Gasteiger partial charge on any atom is 0.332 e. The lowest BCUT2D eigenvalue weighted by Crippen LogP contribution is -2.62. The van der Waals surface area contributed by atoms with Crippen LogP contribution in [0.2, 0.25) is 0 Å². The summed E-state index contributed by atoms with van der Waals surface area (Å²) in [7, 11) is 0. The number of benzene rings is 1. The number of ether oxygens (including phenoxy) is 3. The molecule has 3 fully saturated rings. The number of nitro groups is 1. The molecule has 0 spiro atoms. The highest BCUT2D eigenvalue weighted by molar-refractivity contribution is 5.87. The summed E-state index contributed by atoms with van der Waals surface area (Å²) in [6.07, 6.45) is 4.04. The topological polar surface area (TPSA) is 125 Å². The van der Waals surface area contributed by atoms with Gasteiger partial charge in [-0.3, -0.25) is 10.1 Å². The number of carbonyl (C=O) groups is 2. The summed E-state index contributed by atoms with van der Waals surface area (Å²) in [5, 5.41) is 20.1. The molecular formula is C26H33NO8. The Morgan fingerprint density at radius 3 is 2.54 bits per heavy atom.